The lowest BCUT2D eigenvalue weighted by molar-refractivity contribution is -0.137. The third-order valence-corrected chi connectivity index (χ3v) is 5.05. The van der Waals surface area contributed by atoms with Gasteiger partial charge in [0.25, 0.3) is 5.91 Å². The molecular formula is C17H14Cl3F3N4O. The van der Waals surface area contributed by atoms with Gasteiger partial charge in [0.15, 0.2) is 0 Å². The highest BCUT2D eigenvalue weighted by molar-refractivity contribution is 6.34. The highest BCUT2D eigenvalue weighted by atomic mass is 35.5. The molecule has 5 nitrogen and oxygen atoms in total. The molecule has 0 aromatic carbocycles. The molecule has 1 fully saturated rings. The maximum Gasteiger partial charge on any atom is 0.417 e. The number of amides is 1. The molecule has 0 atom stereocenters. The fraction of sp³-hybridized carbons (Fsp3) is 0.353. The summed E-state index contributed by atoms with van der Waals surface area (Å²) >= 11 is 17.8. The summed E-state index contributed by atoms with van der Waals surface area (Å²) in [6.45, 7) is 1.64. The Balaban J connectivity index is 1.74. The molecule has 28 heavy (non-hydrogen) atoms. The second kappa shape index (κ2) is 8.31. The van der Waals surface area contributed by atoms with Crippen LogP contribution < -0.4 is 4.90 Å². The summed E-state index contributed by atoms with van der Waals surface area (Å²) in [5, 5.41) is 0.122. The van der Waals surface area contributed by atoms with Crippen molar-refractivity contribution in [1.29, 1.82) is 0 Å². The number of carbonyl (C=O) groups excluding carboxylic acids is 1. The molecule has 1 aliphatic heterocycles. The summed E-state index contributed by atoms with van der Waals surface area (Å²) in [4.78, 5) is 23.8. The zero-order valence-corrected chi connectivity index (χ0v) is 16.6. The lowest BCUT2D eigenvalue weighted by Crippen LogP contribution is -2.35. The number of aromatic nitrogens is 2. The smallest absolute Gasteiger partial charge is 0.354 e. The average molecular weight is 454 g/mol. The molecule has 0 unspecified atom stereocenters. The highest BCUT2D eigenvalue weighted by Gasteiger charge is 2.32. The second-order valence-corrected chi connectivity index (χ2v) is 7.28. The van der Waals surface area contributed by atoms with Gasteiger partial charge in [-0.3, -0.25) is 4.79 Å². The van der Waals surface area contributed by atoms with Crippen LogP contribution in [-0.2, 0) is 6.18 Å². The van der Waals surface area contributed by atoms with Crippen molar-refractivity contribution in [1.82, 2.24) is 14.9 Å². The van der Waals surface area contributed by atoms with Gasteiger partial charge in [-0.05, 0) is 24.6 Å². The van der Waals surface area contributed by atoms with Crippen molar-refractivity contribution in [2.75, 3.05) is 31.1 Å². The van der Waals surface area contributed by atoms with Crippen LogP contribution in [0.1, 0.15) is 22.3 Å². The number of rotatable bonds is 2. The second-order valence-electron chi connectivity index (χ2n) is 6.13. The topological polar surface area (TPSA) is 49.3 Å². The van der Waals surface area contributed by atoms with Gasteiger partial charge in [0, 0.05) is 32.4 Å². The van der Waals surface area contributed by atoms with Gasteiger partial charge in [0.1, 0.15) is 16.1 Å². The standard InChI is InChI=1S/C17H14Cl3F3N4O/c18-12-8-10(17(21,22)23)9-24-15(12)26-4-1-5-27(7-6-26)16(28)11-2-3-13(19)25-14(11)20/h2-3,8-9H,1,4-7H2. The monoisotopic (exact) mass is 452 g/mol. The Kier molecular flexibility index (Phi) is 6.21. The minimum atomic E-state index is -4.51. The number of pyridine rings is 2. The molecule has 1 amide bonds. The molecule has 11 heteroatoms. The number of nitrogens with zero attached hydrogens (tertiary/aromatic N) is 4. The van der Waals surface area contributed by atoms with E-state index >= 15 is 0 Å². The van der Waals surface area contributed by atoms with Crippen LogP contribution in [0.25, 0.3) is 0 Å². The molecule has 1 saturated heterocycles. The molecule has 3 rings (SSSR count). The van der Waals surface area contributed by atoms with Crippen molar-refractivity contribution in [3.05, 3.63) is 50.9 Å². The first kappa shape index (κ1) is 21.0. The normalized spacial score (nSPS) is 15.5. The number of hydrogen-bond donors (Lipinski definition) is 0. The first-order chi connectivity index (χ1) is 13.2. The lowest BCUT2D eigenvalue weighted by atomic mass is 10.2. The van der Waals surface area contributed by atoms with Gasteiger partial charge < -0.3 is 9.80 Å². The van der Waals surface area contributed by atoms with Crippen LogP contribution in [0.2, 0.25) is 15.3 Å². The maximum absolute atomic E-state index is 12.8. The molecule has 2 aromatic heterocycles. The van der Waals surface area contributed by atoms with E-state index in [9.17, 15) is 18.0 Å². The Morgan fingerprint density at radius 3 is 2.46 bits per heavy atom. The van der Waals surface area contributed by atoms with Crippen molar-refractivity contribution >= 4 is 46.5 Å². The summed E-state index contributed by atoms with van der Waals surface area (Å²) in [6.07, 6.45) is -3.17. The number of anilines is 1. The van der Waals surface area contributed by atoms with Crippen LogP contribution in [0, 0.1) is 0 Å². The largest absolute Gasteiger partial charge is 0.417 e. The van der Waals surface area contributed by atoms with E-state index in [0.29, 0.717) is 32.6 Å². The minimum absolute atomic E-state index is 0.0195. The Morgan fingerprint density at radius 2 is 1.82 bits per heavy atom. The van der Waals surface area contributed by atoms with Crippen molar-refractivity contribution in [2.24, 2.45) is 0 Å². The zero-order chi connectivity index (χ0) is 20.5. The van der Waals surface area contributed by atoms with Crippen LogP contribution in [0.5, 0.6) is 0 Å². The van der Waals surface area contributed by atoms with Crippen LogP contribution in [0.3, 0.4) is 0 Å². The van der Waals surface area contributed by atoms with Gasteiger partial charge in [-0.15, -0.1) is 0 Å². The van der Waals surface area contributed by atoms with E-state index in [1.165, 1.54) is 12.1 Å². The number of carbonyl (C=O) groups is 1. The summed E-state index contributed by atoms with van der Waals surface area (Å²) in [6, 6.07) is 3.85. The van der Waals surface area contributed by atoms with Gasteiger partial charge in [-0.1, -0.05) is 34.8 Å². The summed E-state index contributed by atoms with van der Waals surface area (Å²) < 4.78 is 38.4. The Bertz CT molecular complexity index is 894. The third-order valence-electron chi connectivity index (χ3n) is 4.28. The Hall–Kier alpha value is -1.77. The first-order valence-electron chi connectivity index (χ1n) is 8.26. The van der Waals surface area contributed by atoms with Gasteiger partial charge in [-0.25, -0.2) is 9.97 Å². The molecule has 0 radical (unpaired) electrons. The number of halogens is 6. The van der Waals surface area contributed by atoms with E-state index < -0.39 is 11.7 Å². The molecule has 0 aliphatic carbocycles. The summed E-state index contributed by atoms with van der Waals surface area (Å²) in [5.74, 6) is -0.0300. The molecular weight excluding hydrogens is 440 g/mol. The van der Waals surface area contributed by atoms with Crippen LogP contribution in [0.4, 0.5) is 19.0 Å². The average Bonchev–Trinajstić information content (AvgIpc) is 2.86. The van der Waals surface area contributed by atoms with Crippen molar-refractivity contribution in [3.63, 3.8) is 0 Å². The van der Waals surface area contributed by atoms with Gasteiger partial charge in [0.2, 0.25) is 0 Å². The highest BCUT2D eigenvalue weighted by Crippen LogP contribution is 2.33. The zero-order valence-electron chi connectivity index (χ0n) is 14.3. The molecule has 2 aromatic rings. The quantitative estimate of drug-likeness (QED) is 0.613. The molecule has 0 bridgehead atoms. The van der Waals surface area contributed by atoms with Gasteiger partial charge in [-0.2, -0.15) is 13.2 Å². The molecule has 0 N–H and O–H groups in total. The van der Waals surface area contributed by atoms with E-state index in [-0.39, 0.29) is 32.6 Å². The van der Waals surface area contributed by atoms with Gasteiger partial charge >= 0.3 is 6.18 Å². The molecule has 3 heterocycles. The fourth-order valence-corrected chi connectivity index (χ4v) is 3.60. The van der Waals surface area contributed by atoms with Crippen molar-refractivity contribution < 1.29 is 18.0 Å². The molecule has 1 aliphatic rings. The molecule has 0 spiro atoms. The van der Waals surface area contributed by atoms with Crippen molar-refractivity contribution in [3.8, 4) is 0 Å². The van der Waals surface area contributed by atoms with E-state index in [1.54, 1.807) is 9.80 Å². The predicted octanol–water partition coefficient (Wildman–Crippen LogP) is 4.81. The SMILES string of the molecule is O=C(c1ccc(Cl)nc1Cl)N1CCCN(c2ncc(C(F)(F)F)cc2Cl)CC1. The van der Waals surface area contributed by atoms with Gasteiger partial charge in [0.05, 0.1) is 16.1 Å². The third kappa shape index (κ3) is 4.61. The minimum Gasteiger partial charge on any atom is -0.354 e. The van der Waals surface area contributed by atoms with Crippen molar-refractivity contribution in [2.45, 2.75) is 12.6 Å². The summed E-state index contributed by atoms with van der Waals surface area (Å²) in [7, 11) is 0. The maximum atomic E-state index is 12.8. The molecule has 0 saturated carbocycles. The number of hydrogen-bond acceptors (Lipinski definition) is 4. The lowest BCUT2D eigenvalue weighted by Gasteiger charge is -2.24. The van der Waals surface area contributed by atoms with Crippen LogP contribution in [0.15, 0.2) is 24.4 Å². The van der Waals surface area contributed by atoms with Crippen LogP contribution in [-0.4, -0.2) is 47.0 Å². The Labute approximate surface area is 174 Å². The van der Waals surface area contributed by atoms with E-state index in [0.717, 1.165) is 12.3 Å². The first-order valence-corrected chi connectivity index (χ1v) is 9.39. The Morgan fingerprint density at radius 1 is 1.07 bits per heavy atom. The fourth-order valence-electron chi connectivity index (χ4n) is 2.89. The van der Waals surface area contributed by atoms with E-state index in [1.807, 2.05) is 0 Å². The van der Waals surface area contributed by atoms with Crippen LogP contribution >= 0.6 is 34.8 Å². The predicted molar refractivity (Wildman–Crippen MR) is 101 cm³/mol. The number of alkyl halides is 3. The van der Waals surface area contributed by atoms with E-state index in [4.69, 9.17) is 34.8 Å². The molecule has 150 valence electrons. The van der Waals surface area contributed by atoms with E-state index in [2.05, 4.69) is 9.97 Å². The summed E-state index contributed by atoms with van der Waals surface area (Å²) in [5.41, 5.74) is -0.664.